The fourth-order valence-electron chi connectivity index (χ4n) is 1.25. The minimum absolute atomic E-state index is 0.0794. The molecule has 0 heterocycles. The number of rotatable bonds is 5. The maximum Gasteiger partial charge on any atom is 0.250 e. The molecule has 0 aliphatic heterocycles. The van der Waals surface area contributed by atoms with E-state index in [9.17, 15) is 13.2 Å². The van der Waals surface area contributed by atoms with Crippen molar-refractivity contribution in [2.45, 2.75) is 24.8 Å². The van der Waals surface area contributed by atoms with Crippen molar-refractivity contribution in [1.82, 2.24) is 0 Å². The van der Waals surface area contributed by atoms with Crippen LogP contribution in [0.4, 0.5) is 5.69 Å². The molecule has 0 unspecified atom stereocenters. The highest BCUT2D eigenvalue weighted by molar-refractivity contribution is 7.89. The molecular formula is C11H16N2O4S. The molecule has 0 radical (unpaired) electrons. The number of sulfonamides is 1. The monoisotopic (exact) mass is 272 g/mol. The molecular weight excluding hydrogens is 256 g/mol. The van der Waals surface area contributed by atoms with E-state index in [1.165, 1.54) is 18.2 Å². The Bertz CT molecular complexity index is 526. The average Bonchev–Trinajstić information content (AvgIpc) is 2.25. The summed E-state index contributed by atoms with van der Waals surface area (Å²) in [5.41, 5.74) is 0.150. The molecule has 0 aliphatic rings. The van der Waals surface area contributed by atoms with Gasteiger partial charge in [-0.3, -0.25) is 4.79 Å². The quantitative estimate of drug-likeness (QED) is 0.824. The number of ether oxygens (including phenoxy) is 1. The molecule has 0 bridgehead atoms. The Labute approximate surface area is 106 Å². The van der Waals surface area contributed by atoms with Crippen LogP contribution in [0.1, 0.15) is 13.8 Å². The summed E-state index contributed by atoms with van der Waals surface area (Å²) in [6.45, 7) is 3.45. The molecule has 0 atom stereocenters. The molecule has 1 aromatic rings. The Morgan fingerprint density at radius 1 is 1.39 bits per heavy atom. The van der Waals surface area contributed by atoms with E-state index in [-0.39, 0.29) is 23.3 Å². The summed E-state index contributed by atoms with van der Waals surface area (Å²) >= 11 is 0. The van der Waals surface area contributed by atoms with E-state index in [4.69, 9.17) is 9.88 Å². The van der Waals surface area contributed by atoms with Crippen LogP contribution >= 0.6 is 0 Å². The summed E-state index contributed by atoms with van der Waals surface area (Å²) < 4.78 is 27.7. The Hall–Kier alpha value is -1.44. The third-order valence-electron chi connectivity index (χ3n) is 2.02. The molecule has 0 fully saturated rings. The van der Waals surface area contributed by atoms with Gasteiger partial charge in [0.05, 0.1) is 11.8 Å². The number of amides is 1. The lowest BCUT2D eigenvalue weighted by molar-refractivity contribution is -0.121. The summed E-state index contributed by atoms with van der Waals surface area (Å²) in [7, 11) is -3.87. The van der Waals surface area contributed by atoms with Crippen molar-refractivity contribution in [3.8, 4) is 0 Å². The fraction of sp³-hybridized carbons (Fsp3) is 0.364. The summed E-state index contributed by atoms with van der Waals surface area (Å²) in [6, 6.07) is 5.93. The normalized spacial score (nSPS) is 11.6. The highest BCUT2D eigenvalue weighted by atomic mass is 32.2. The second kappa shape index (κ2) is 5.94. The van der Waals surface area contributed by atoms with Gasteiger partial charge in [-0.1, -0.05) is 12.1 Å². The van der Waals surface area contributed by atoms with Crippen molar-refractivity contribution in [1.29, 1.82) is 0 Å². The first-order valence-electron chi connectivity index (χ1n) is 5.34. The van der Waals surface area contributed by atoms with E-state index in [1.54, 1.807) is 19.9 Å². The number of carbonyl (C=O) groups is 1. The van der Waals surface area contributed by atoms with Gasteiger partial charge in [-0.2, -0.15) is 0 Å². The van der Waals surface area contributed by atoms with Crippen LogP contribution in [0.2, 0.25) is 0 Å². The van der Waals surface area contributed by atoms with Crippen LogP contribution in [0.5, 0.6) is 0 Å². The molecule has 0 aliphatic carbocycles. The Kier molecular flexibility index (Phi) is 4.83. The van der Waals surface area contributed by atoms with Crippen LogP contribution in [0.3, 0.4) is 0 Å². The Balaban J connectivity index is 2.82. The number of benzene rings is 1. The summed E-state index contributed by atoms with van der Waals surface area (Å²) in [5, 5.41) is 7.49. The maximum atomic E-state index is 11.5. The van der Waals surface area contributed by atoms with Crippen molar-refractivity contribution < 1.29 is 17.9 Å². The number of hydrogen-bond donors (Lipinski definition) is 2. The molecule has 100 valence electrons. The van der Waals surface area contributed by atoms with E-state index in [0.29, 0.717) is 0 Å². The molecule has 6 nitrogen and oxygen atoms in total. The molecule has 0 spiro atoms. The van der Waals surface area contributed by atoms with E-state index < -0.39 is 15.9 Å². The van der Waals surface area contributed by atoms with Gasteiger partial charge in [-0.05, 0) is 26.0 Å². The zero-order valence-corrected chi connectivity index (χ0v) is 11.0. The van der Waals surface area contributed by atoms with Gasteiger partial charge in [0.15, 0.2) is 0 Å². The highest BCUT2D eigenvalue weighted by Crippen LogP contribution is 2.18. The van der Waals surface area contributed by atoms with Gasteiger partial charge in [0, 0.05) is 0 Å². The SMILES string of the molecule is CC(C)OCC(=O)Nc1ccccc1S(N)(=O)=O. The van der Waals surface area contributed by atoms with Crippen LogP contribution in [0.15, 0.2) is 29.2 Å². The number of anilines is 1. The smallest absolute Gasteiger partial charge is 0.250 e. The number of hydrogen-bond acceptors (Lipinski definition) is 4. The lowest BCUT2D eigenvalue weighted by Gasteiger charge is -2.10. The molecule has 7 heteroatoms. The first-order chi connectivity index (χ1) is 8.30. The van der Waals surface area contributed by atoms with Gasteiger partial charge in [-0.25, -0.2) is 13.6 Å². The van der Waals surface area contributed by atoms with Crippen molar-refractivity contribution in [3.05, 3.63) is 24.3 Å². The summed E-state index contributed by atoms with van der Waals surface area (Å²) in [4.78, 5) is 11.4. The Morgan fingerprint density at radius 3 is 2.56 bits per heavy atom. The lowest BCUT2D eigenvalue weighted by atomic mass is 10.3. The molecule has 1 rings (SSSR count). The maximum absolute atomic E-state index is 11.5. The minimum Gasteiger partial charge on any atom is -0.369 e. The van der Waals surface area contributed by atoms with Crippen molar-refractivity contribution in [2.24, 2.45) is 5.14 Å². The predicted molar refractivity (Wildman–Crippen MR) is 67.5 cm³/mol. The number of nitrogens with one attached hydrogen (secondary N) is 1. The molecule has 0 aromatic heterocycles. The van der Waals surface area contributed by atoms with Gasteiger partial charge in [0.1, 0.15) is 11.5 Å². The predicted octanol–water partition coefficient (Wildman–Crippen LogP) is 0.698. The van der Waals surface area contributed by atoms with Gasteiger partial charge < -0.3 is 10.1 Å². The summed E-state index contributed by atoms with van der Waals surface area (Å²) in [5.74, 6) is -0.431. The fourth-order valence-corrected chi connectivity index (χ4v) is 1.94. The molecule has 3 N–H and O–H groups in total. The zero-order chi connectivity index (χ0) is 13.8. The van der Waals surface area contributed by atoms with E-state index in [2.05, 4.69) is 5.32 Å². The van der Waals surface area contributed by atoms with Gasteiger partial charge >= 0.3 is 0 Å². The zero-order valence-electron chi connectivity index (χ0n) is 10.2. The van der Waals surface area contributed by atoms with Crippen LogP contribution < -0.4 is 10.5 Å². The Morgan fingerprint density at radius 2 is 2.00 bits per heavy atom. The van der Waals surface area contributed by atoms with Crippen molar-refractivity contribution >= 4 is 21.6 Å². The van der Waals surface area contributed by atoms with Crippen molar-refractivity contribution in [3.63, 3.8) is 0 Å². The second-order valence-electron chi connectivity index (χ2n) is 3.95. The third kappa shape index (κ3) is 4.44. The number of para-hydroxylation sites is 1. The second-order valence-corrected chi connectivity index (χ2v) is 5.48. The average molecular weight is 272 g/mol. The standard InChI is InChI=1S/C11H16N2O4S/c1-8(2)17-7-11(14)13-9-5-3-4-6-10(9)18(12,15)16/h3-6,8H,7H2,1-2H3,(H,13,14)(H2,12,15,16). The molecule has 0 saturated heterocycles. The van der Waals surface area contributed by atoms with Crippen LogP contribution in [0, 0.1) is 0 Å². The van der Waals surface area contributed by atoms with E-state index in [1.807, 2.05) is 0 Å². The molecule has 1 aromatic carbocycles. The minimum atomic E-state index is -3.87. The van der Waals surface area contributed by atoms with E-state index >= 15 is 0 Å². The van der Waals surface area contributed by atoms with Crippen molar-refractivity contribution in [2.75, 3.05) is 11.9 Å². The number of nitrogens with two attached hydrogens (primary N) is 1. The van der Waals surface area contributed by atoms with Crippen LogP contribution in [-0.4, -0.2) is 27.0 Å². The largest absolute Gasteiger partial charge is 0.369 e. The lowest BCUT2D eigenvalue weighted by Crippen LogP contribution is -2.23. The summed E-state index contributed by atoms with van der Waals surface area (Å²) in [6.07, 6.45) is -0.0794. The molecule has 1 amide bonds. The molecule has 18 heavy (non-hydrogen) atoms. The number of primary sulfonamides is 1. The number of carbonyl (C=O) groups excluding carboxylic acids is 1. The first-order valence-corrected chi connectivity index (χ1v) is 6.88. The van der Waals surface area contributed by atoms with E-state index in [0.717, 1.165) is 0 Å². The topological polar surface area (TPSA) is 98.5 Å². The molecule has 0 saturated carbocycles. The first kappa shape index (κ1) is 14.6. The van der Waals surface area contributed by atoms with Gasteiger partial charge in [0.25, 0.3) is 0 Å². The van der Waals surface area contributed by atoms with Crippen LogP contribution in [-0.2, 0) is 19.6 Å². The van der Waals surface area contributed by atoms with Crippen LogP contribution in [0.25, 0.3) is 0 Å². The van der Waals surface area contributed by atoms with Gasteiger partial charge in [-0.15, -0.1) is 0 Å². The highest BCUT2D eigenvalue weighted by Gasteiger charge is 2.15. The third-order valence-corrected chi connectivity index (χ3v) is 2.98. The van der Waals surface area contributed by atoms with Gasteiger partial charge in [0.2, 0.25) is 15.9 Å².